The van der Waals surface area contributed by atoms with Crippen LogP contribution in [0.3, 0.4) is 0 Å². The van der Waals surface area contributed by atoms with Crippen LogP contribution in [0.25, 0.3) is 0 Å². The largest absolute Gasteiger partial charge is 0.481 e. The number of carboxylic acid groups (broad SMARTS) is 2. The Morgan fingerprint density at radius 2 is 1.47 bits per heavy atom. The Bertz CT molecular complexity index is 719. The van der Waals surface area contributed by atoms with Crippen LogP contribution in [-0.4, -0.2) is 93.2 Å². The zero-order chi connectivity index (χ0) is 25.0. The molecule has 0 aromatic heterocycles. The van der Waals surface area contributed by atoms with E-state index in [4.69, 9.17) is 16.6 Å². The van der Waals surface area contributed by atoms with E-state index in [0.717, 1.165) is 6.92 Å². The Morgan fingerprint density at radius 1 is 0.906 bits per heavy atom. The molecule has 0 fully saturated rings. The van der Waals surface area contributed by atoms with Gasteiger partial charge in [-0.15, -0.1) is 0 Å². The fraction of sp³-hybridized carbons (Fsp3) is 0.647. The first-order chi connectivity index (χ1) is 14.8. The lowest BCUT2D eigenvalue weighted by Gasteiger charge is -2.26. The Labute approximate surface area is 187 Å². The standard InChI is InChI=1S/C17H29N5O9S/c1-7(23)13(16(29)20-9(17(30)31)3-4-32-2)22-15(28)10(6-12(25)26)21-14(27)8(18)5-11(19)24/h7-10,13,23H,3-6,18H2,1-2H3,(H2,19,24)(H,20,29)(H,21,27)(H,22,28)(H,25,26)(H,30,31). The molecule has 10 N–H and O–H groups in total. The van der Waals surface area contributed by atoms with Crippen molar-refractivity contribution < 1.29 is 44.1 Å². The molecule has 32 heavy (non-hydrogen) atoms. The maximum atomic E-state index is 12.5. The van der Waals surface area contributed by atoms with Gasteiger partial charge in [-0.05, 0) is 25.4 Å². The fourth-order valence-electron chi connectivity index (χ4n) is 2.39. The maximum absolute atomic E-state index is 12.5. The number of aliphatic hydroxyl groups excluding tert-OH is 1. The molecule has 0 aliphatic rings. The number of aliphatic carboxylic acids is 2. The van der Waals surface area contributed by atoms with Crippen LogP contribution in [0.5, 0.6) is 0 Å². The molecule has 0 heterocycles. The highest BCUT2D eigenvalue weighted by molar-refractivity contribution is 7.98. The van der Waals surface area contributed by atoms with Crippen molar-refractivity contribution in [2.24, 2.45) is 11.5 Å². The lowest BCUT2D eigenvalue weighted by Crippen LogP contribution is -2.60. The summed E-state index contributed by atoms with van der Waals surface area (Å²) in [6.45, 7) is 1.15. The summed E-state index contributed by atoms with van der Waals surface area (Å²) in [6, 6.07) is -6.08. The minimum absolute atomic E-state index is 0.0815. The smallest absolute Gasteiger partial charge is 0.326 e. The van der Waals surface area contributed by atoms with E-state index in [1.54, 1.807) is 6.26 Å². The molecule has 0 spiro atoms. The van der Waals surface area contributed by atoms with Crippen molar-refractivity contribution in [1.82, 2.24) is 16.0 Å². The van der Waals surface area contributed by atoms with Gasteiger partial charge in [-0.3, -0.25) is 24.0 Å². The quantitative estimate of drug-likeness (QED) is 0.114. The maximum Gasteiger partial charge on any atom is 0.326 e. The van der Waals surface area contributed by atoms with Gasteiger partial charge in [-0.1, -0.05) is 0 Å². The molecule has 4 amide bonds. The van der Waals surface area contributed by atoms with Crippen LogP contribution in [0.1, 0.15) is 26.2 Å². The van der Waals surface area contributed by atoms with E-state index in [0.29, 0.717) is 5.75 Å². The number of hydrogen-bond acceptors (Lipinski definition) is 9. The summed E-state index contributed by atoms with van der Waals surface area (Å²) in [7, 11) is 0. The molecular formula is C17H29N5O9S. The zero-order valence-electron chi connectivity index (χ0n) is 17.6. The first-order valence-electron chi connectivity index (χ1n) is 9.36. The van der Waals surface area contributed by atoms with Gasteiger partial charge in [0, 0.05) is 0 Å². The number of carbonyl (C=O) groups excluding carboxylic acids is 4. The van der Waals surface area contributed by atoms with E-state index >= 15 is 0 Å². The summed E-state index contributed by atoms with van der Waals surface area (Å²) in [5.41, 5.74) is 10.4. The molecule has 0 saturated carbocycles. The Kier molecular flexibility index (Phi) is 12.9. The number of nitrogens with two attached hydrogens (primary N) is 2. The molecule has 5 atom stereocenters. The first-order valence-corrected chi connectivity index (χ1v) is 10.8. The van der Waals surface area contributed by atoms with E-state index in [-0.39, 0.29) is 6.42 Å². The molecular weight excluding hydrogens is 450 g/mol. The molecule has 0 aliphatic heterocycles. The van der Waals surface area contributed by atoms with Crippen LogP contribution in [0.2, 0.25) is 0 Å². The monoisotopic (exact) mass is 479 g/mol. The van der Waals surface area contributed by atoms with Gasteiger partial charge in [-0.2, -0.15) is 11.8 Å². The number of carbonyl (C=O) groups is 6. The number of amides is 4. The average molecular weight is 480 g/mol. The summed E-state index contributed by atoms with van der Waals surface area (Å²) >= 11 is 1.35. The van der Waals surface area contributed by atoms with Crippen LogP contribution in [0.15, 0.2) is 0 Å². The minimum atomic E-state index is -1.71. The molecule has 0 saturated heterocycles. The summed E-state index contributed by atoms with van der Waals surface area (Å²) in [5, 5.41) is 34.5. The molecule has 0 aromatic carbocycles. The number of thioether (sulfide) groups is 1. The lowest BCUT2D eigenvalue weighted by molar-refractivity contribution is -0.144. The van der Waals surface area contributed by atoms with Crippen LogP contribution < -0.4 is 27.4 Å². The summed E-state index contributed by atoms with van der Waals surface area (Å²) < 4.78 is 0. The normalized spacial score (nSPS) is 15.4. The molecule has 5 unspecified atom stereocenters. The SMILES string of the molecule is CSCCC(NC(=O)C(NC(=O)C(CC(=O)O)NC(=O)C(N)CC(N)=O)C(C)O)C(=O)O. The van der Waals surface area contributed by atoms with Gasteiger partial charge < -0.3 is 42.7 Å². The van der Waals surface area contributed by atoms with Gasteiger partial charge in [-0.25, -0.2) is 4.79 Å². The van der Waals surface area contributed by atoms with Crippen molar-refractivity contribution in [2.75, 3.05) is 12.0 Å². The van der Waals surface area contributed by atoms with Crippen molar-refractivity contribution in [3.8, 4) is 0 Å². The molecule has 15 heteroatoms. The Hall–Kier alpha value is -2.91. The van der Waals surface area contributed by atoms with Gasteiger partial charge in [0.05, 0.1) is 25.0 Å². The molecule has 0 bridgehead atoms. The third kappa shape index (κ3) is 10.9. The summed E-state index contributed by atoms with van der Waals surface area (Å²) in [5.74, 6) is -6.48. The molecule has 0 aromatic rings. The zero-order valence-corrected chi connectivity index (χ0v) is 18.4. The van der Waals surface area contributed by atoms with Crippen LogP contribution >= 0.6 is 11.8 Å². The predicted octanol–water partition coefficient (Wildman–Crippen LogP) is -3.66. The topological polar surface area (TPSA) is 251 Å². The number of primary amides is 1. The highest BCUT2D eigenvalue weighted by atomic mass is 32.2. The summed E-state index contributed by atoms with van der Waals surface area (Å²) in [4.78, 5) is 70.3. The average Bonchev–Trinajstić information content (AvgIpc) is 2.66. The second kappa shape index (κ2) is 14.2. The van der Waals surface area contributed by atoms with Gasteiger partial charge in [0.15, 0.2) is 0 Å². The van der Waals surface area contributed by atoms with Crippen molar-refractivity contribution in [2.45, 2.75) is 56.5 Å². The molecule has 14 nitrogen and oxygen atoms in total. The number of nitrogens with one attached hydrogen (secondary N) is 3. The highest BCUT2D eigenvalue weighted by Gasteiger charge is 2.33. The van der Waals surface area contributed by atoms with Crippen LogP contribution in [-0.2, 0) is 28.8 Å². The Balaban J connectivity index is 5.41. The highest BCUT2D eigenvalue weighted by Crippen LogP contribution is 2.04. The predicted molar refractivity (Wildman–Crippen MR) is 112 cm³/mol. The van der Waals surface area contributed by atoms with E-state index in [1.165, 1.54) is 11.8 Å². The van der Waals surface area contributed by atoms with Crippen LogP contribution in [0, 0.1) is 0 Å². The van der Waals surface area contributed by atoms with Crippen molar-refractivity contribution in [3.63, 3.8) is 0 Å². The van der Waals surface area contributed by atoms with E-state index < -0.39 is 78.7 Å². The van der Waals surface area contributed by atoms with Crippen LogP contribution in [0.4, 0.5) is 0 Å². The number of hydrogen-bond donors (Lipinski definition) is 8. The first kappa shape index (κ1) is 29.1. The second-order valence-corrected chi connectivity index (χ2v) is 7.83. The molecule has 0 aliphatic carbocycles. The van der Waals surface area contributed by atoms with Gasteiger partial charge >= 0.3 is 11.9 Å². The number of rotatable bonds is 15. The number of aliphatic hydroxyl groups is 1. The lowest BCUT2D eigenvalue weighted by atomic mass is 10.1. The van der Waals surface area contributed by atoms with Gasteiger partial charge in [0.2, 0.25) is 23.6 Å². The van der Waals surface area contributed by atoms with Crippen molar-refractivity contribution in [3.05, 3.63) is 0 Å². The van der Waals surface area contributed by atoms with Crippen molar-refractivity contribution >= 4 is 47.3 Å². The van der Waals surface area contributed by atoms with E-state index in [1.807, 2.05) is 5.32 Å². The van der Waals surface area contributed by atoms with Crippen molar-refractivity contribution in [1.29, 1.82) is 0 Å². The fourth-order valence-corrected chi connectivity index (χ4v) is 2.86. The second-order valence-electron chi connectivity index (χ2n) is 6.84. The number of carboxylic acids is 2. The Morgan fingerprint density at radius 3 is 1.91 bits per heavy atom. The molecule has 0 rings (SSSR count). The summed E-state index contributed by atoms with van der Waals surface area (Å²) in [6.07, 6.45) is -1.13. The van der Waals surface area contributed by atoms with E-state index in [9.17, 15) is 39.0 Å². The molecule has 182 valence electrons. The van der Waals surface area contributed by atoms with Gasteiger partial charge in [0.25, 0.3) is 0 Å². The third-order valence-electron chi connectivity index (χ3n) is 4.06. The third-order valence-corrected chi connectivity index (χ3v) is 4.70. The molecule has 0 radical (unpaired) electrons. The van der Waals surface area contributed by atoms with Gasteiger partial charge in [0.1, 0.15) is 18.1 Å². The van der Waals surface area contributed by atoms with E-state index in [2.05, 4.69) is 10.6 Å². The minimum Gasteiger partial charge on any atom is -0.481 e.